The molecule has 0 rings (SSSR count). The molecule has 0 saturated heterocycles. The molecule has 0 heterocycles. The normalized spacial score (nSPS) is 9.78. The summed E-state index contributed by atoms with van der Waals surface area (Å²) in [5.41, 5.74) is 0.281. The van der Waals surface area contributed by atoms with Crippen LogP contribution in [-0.4, -0.2) is 33.2 Å². The summed E-state index contributed by atoms with van der Waals surface area (Å²) in [5, 5.41) is 24.6. The molecule has 0 amide bonds. The van der Waals surface area contributed by atoms with E-state index in [-0.39, 0.29) is 23.1 Å². The second kappa shape index (κ2) is 8.74. The van der Waals surface area contributed by atoms with Crippen LogP contribution in [0, 0.1) is 0 Å². The smallest absolute Gasteiger partial charge is 0.331 e. The predicted molar refractivity (Wildman–Crippen MR) is 65.2 cm³/mol. The van der Waals surface area contributed by atoms with Gasteiger partial charge in [-0.3, -0.25) is 0 Å². The second-order valence-corrected chi connectivity index (χ2v) is 3.39. The molecular formula is C12H16O6. The van der Waals surface area contributed by atoms with E-state index in [1.807, 2.05) is 0 Å². The van der Waals surface area contributed by atoms with Crippen LogP contribution < -0.4 is 0 Å². The van der Waals surface area contributed by atoms with E-state index < -0.39 is 17.9 Å². The lowest BCUT2D eigenvalue weighted by molar-refractivity contribution is -0.133. The van der Waals surface area contributed by atoms with Crippen LogP contribution in [0.2, 0.25) is 0 Å². The standard InChI is InChI=1S/C8H10O4.C4H6O2/c1-5(7(9)10)3-4-6(2)8(11)12;1-3(2)4(5)6/h4H,1,3H2,2H3,(H,9,10)(H,11,12);1H2,2H3,(H,5,6). The zero-order valence-electron chi connectivity index (χ0n) is 10.3. The third-order valence-corrected chi connectivity index (χ3v) is 1.66. The van der Waals surface area contributed by atoms with Gasteiger partial charge in [0.1, 0.15) is 0 Å². The van der Waals surface area contributed by atoms with Crippen molar-refractivity contribution in [2.45, 2.75) is 20.3 Å². The van der Waals surface area contributed by atoms with Crippen LogP contribution in [0.25, 0.3) is 0 Å². The first-order valence-corrected chi connectivity index (χ1v) is 4.79. The fourth-order valence-electron chi connectivity index (χ4n) is 0.451. The Morgan fingerprint density at radius 2 is 1.33 bits per heavy atom. The maximum absolute atomic E-state index is 10.2. The van der Waals surface area contributed by atoms with Gasteiger partial charge in [0.2, 0.25) is 0 Å². The fourth-order valence-corrected chi connectivity index (χ4v) is 0.451. The maximum Gasteiger partial charge on any atom is 0.331 e. The summed E-state index contributed by atoms with van der Waals surface area (Å²) in [6.07, 6.45) is 1.38. The summed E-state index contributed by atoms with van der Waals surface area (Å²) >= 11 is 0. The number of carboxylic acids is 3. The SMILES string of the molecule is C=C(C)C(=O)O.C=C(CC=C(C)C(=O)O)C(=O)O. The van der Waals surface area contributed by atoms with Gasteiger partial charge in [-0.25, -0.2) is 14.4 Å². The first-order chi connectivity index (χ1) is 8.09. The van der Waals surface area contributed by atoms with Gasteiger partial charge in [-0.15, -0.1) is 0 Å². The molecule has 6 heteroatoms. The van der Waals surface area contributed by atoms with Crippen molar-refractivity contribution in [1.82, 2.24) is 0 Å². The van der Waals surface area contributed by atoms with Crippen LogP contribution in [-0.2, 0) is 14.4 Å². The van der Waals surface area contributed by atoms with Crippen LogP contribution >= 0.6 is 0 Å². The molecule has 0 aromatic carbocycles. The average Bonchev–Trinajstić information content (AvgIpc) is 2.25. The number of aliphatic carboxylic acids is 3. The molecule has 0 saturated carbocycles. The highest BCUT2D eigenvalue weighted by molar-refractivity contribution is 5.88. The Balaban J connectivity index is 0. The number of carboxylic acid groups (broad SMARTS) is 3. The molecule has 6 nitrogen and oxygen atoms in total. The molecule has 18 heavy (non-hydrogen) atoms. The highest BCUT2D eigenvalue weighted by atomic mass is 16.4. The van der Waals surface area contributed by atoms with Gasteiger partial charge in [-0.1, -0.05) is 19.2 Å². The molecule has 0 radical (unpaired) electrons. The highest BCUT2D eigenvalue weighted by Crippen LogP contribution is 2.02. The molecule has 3 N–H and O–H groups in total. The van der Waals surface area contributed by atoms with E-state index in [1.54, 1.807) is 0 Å². The lowest BCUT2D eigenvalue weighted by Gasteiger charge is -1.94. The Hall–Kier alpha value is -2.37. The second-order valence-electron chi connectivity index (χ2n) is 3.39. The quantitative estimate of drug-likeness (QED) is 0.645. The molecule has 100 valence electrons. The average molecular weight is 256 g/mol. The maximum atomic E-state index is 10.2. The molecule has 0 aliphatic carbocycles. The zero-order chi connectivity index (χ0) is 14.9. The summed E-state index contributed by atoms with van der Waals surface area (Å²) in [4.78, 5) is 30.0. The third-order valence-electron chi connectivity index (χ3n) is 1.66. The van der Waals surface area contributed by atoms with Crippen LogP contribution in [0.4, 0.5) is 0 Å². The Kier molecular flexibility index (Phi) is 8.75. The molecular weight excluding hydrogens is 240 g/mol. The van der Waals surface area contributed by atoms with Gasteiger partial charge in [0.25, 0.3) is 0 Å². The summed E-state index contributed by atoms with van der Waals surface area (Å²) in [6.45, 7) is 9.25. The minimum atomic E-state index is -1.11. The van der Waals surface area contributed by atoms with Crippen molar-refractivity contribution in [3.63, 3.8) is 0 Å². The number of hydrogen-bond donors (Lipinski definition) is 3. The monoisotopic (exact) mass is 256 g/mol. The van der Waals surface area contributed by atoms with Gasteiger partial charge in [-0.2, -0.15) is 0 Å². The van der Waals surface area contributed by atoms with Crippen LogP contribution in [0.5, 0.6) is 0 Å². The van der Waals surface area contributed by atoms with Crippen molar-refractivity contribution in [3.8, 4) is 0 Å². The molecule has 0 unspecified atom stereocenters. The molecule has 0 fully saturated rings. The summed E-state index contributed by atoms with van der Waals surface area (Å²) in [5.74, 6) is -3.09. The van der Waals surface area contributed by atoms with Gasteiger partial charge < -0.3 is 15.3 Å². The number of hydrogen-bond acceptors (Lipinski definition) is 3. The van der Waals surface area contributed by atoms with E-state index in [9.17, 15) is 14.4 Å². The van der Waals surface area contributed by atoms with Gasteiger partial charge in [0.05, 0.1) is 0 Å². The lowest BCUT2D eigenvalue weighted by atomic mass is 10.1. The number of allylic oxidation sites excluding steroid dienone is 1. The van der Waals surface area contributed by atoms with Crippen LogP contribution in [0.1, 0.15) is 20.3 Å². The van der Waals surface area contributed by atoms with E-state index >= 15 is 0 Å². The Morgan fingerprint density at radius 1 is 0.944 bits per heavy atom. The fraction of sp³-hybridized carbons (Fsp3) is 0.250. The summed E-state index contributed by atoms with van der Waals surface area (Å²) in [6, 6.07) is 0. The Morgan fingerprint density at radius 3 is 1.56 bits per heavy atom. The van der Waals surface area contributed by atoms with E-state index in [4.69, 9.17) is 15.3 Å². The van der Waals surface area contributed by atoms with Crippen LogP contribution in [0.15, 0.2) is 36.0 Å². The summed E-state index contributed by atoms with van der Waals surface area (Å²) < 4.78 is 0. The first-order valence-electron chi connectivity index (χ1n) is 4.79. The van der Waals surface area contributed by atoms with Gasteiger partial charge >= 0.3 is 17.9 Å². The van der Waals surface area contributed by atoms with Crippen molar-refractivity contribution in [1.29, 1.82) is 0 Å². The molecule has 0 aromatic rings. The minimum Gasteiger partial charge on any atom is -0.478 e. The number of rotatable bonds is 5. The Labute approximate surface area is 105 Å². The first kappa shape index (κ1) is 18.0. The zero-order valence-corrected chi connectivity index (χ0v) is 10.3. The van der Waals surface area contributed by atoms with Crippen LogP contribution in [0.3, 0.4) is 0 Å². The molecule has 0 aliphatic rings. The minimum absolute atomic E-state index is 0.0180. The van der Waals surface area contributed by atoms with E-state index in [0.29, 0.717) is 0 Å². The van der Waals surface area contributed by atoms with Crippen molar-refractivity contribution < 1.29 is 29.7 Å². The van der Waals surface area contributed by atoms with Gasteiger partial charge in [0.15, 0.2) is 0 Å². The predicted octanol–water partition coefficient (Wildman–Crippen LogP) is 1.70. The van der Waals surface area contributed by atoms with Crippen molar-refractivity contribution in [2.24, 2.45) is 0 Å². The van der Waals surface area contributed by atoms with Crippen molar-refractivity contribution >= 4 is 17.9 Å². The van der Waals surface area contributed by atoms with E-state index in [2.05, 4.69) is 13.2 Å². The number of carbonyl (C=O) groups is 3. The van der Waals surface area contributed by atoms with Gasteiger partial charge in [-0.05, 0) is 20.3 Å². The van der Waals surface area contributed by atoms with Gasteiger partial charge in [0, 0.05) is 16.7 Å². The molecule has 0 spiro atoms. The van der Waals surface area contributed by atoms with E-state index in [1.165, 1.54) is 19.9 Å². The summed E-state index contributed by atoms with van der Waals surface area (Å²) in [7, 11) is 0. The van der Waals surface area contributed by atoms with E-state index in [0.717, 1.165) is 0 Å². The third kappa shape index (κ3) is 10.2. The molecule has 0 atom stereocenters. The molecule has 0 aliphatic heterocycles. The topological polar surface area (TPSA) is 112 Å². The Bertz CT molecular complexity index is 391. The van der Waals surface area contributed by atoms with Crippen molar-refractivity contribution in [3.05, 3.63) is 36.0 Å². The highest BCUT2D eigenvalue weighted by Gasteiger charge is 2.03. The van der Waals surface area contributed by atoms with Crippen molar-refractivity contribution in [2.75, 3.05) is 0 Å². The molecule has 0 bridgehead atoms. The lowest BCUT2D eigenvalue weighted by Crippen LogP contribution is -2.00. The molecule has 0 aromatic heterocycles. The largest absolute Gasteiger partial charge is 0.478 e.